The lowest BCUT2D eigenvalue weighted by molar-refractivity contribution is 0.0127. The molecule has 0 saturated carbocycles. The van der Waals surface area contributed by atoms with Crippen molar-refractivity contribution in [2.75, 3.05) is 5.32 Å². The summed E-state index contributed by atoms with van der Waals surface area (Å²) in [5, 5.41) is 26.3. The average molecular weight is 412 g/mol. The lowest BCUT2D eigenvalue weighted by Gasteiger charge is -2.19. The van der Waals surface area contributed by atoms with Crippen molar-refractivity contribution >= 4 is 11.6 Å². The van der Waals surface area contributed by atoms with Crippen LogP contribution in [-0.4, -0.2) is 30.5 Å². The van der Waals surface area contributed by atoms with Crippen LogP contribution in [0, 0.1) is 18.3 Å². The zero-order valence-electron chi connectivity index (χ0n) is 16.9. The number of nitriles is 1. The Morgan fingerprint density at radius 3 is 2.70 bits per heavy atom. The fraction of sp³-hybridized carbons (Fsp3) is 0.333. The van der Waals surface area contributed by atoms with Crippen molar-refractivity contribution in [1.29, 1.82) is 5.26 Å². The van der Waals surface area contributed by atoms with Gasteiger partial charge in [-0.2, -0.15) is 19.1 Å². The summed E-state index contributed by atoms with van der Waals surface area (Å²) in [4.78, 5) is 7.91. The molecular formula is C21H22F2N6O. The summed E-state index contributed by atoms with van der Waals surface area (Å²) < 4.78 is 28.6. The molecule has 0 spiro atoms. The second-order valence-corrected chi connectivity index (χ2v) is 7.62. The molecule has 0 saturated heterocycles. The molecule has 30 heavy (non-hydrogen) atoms. The van der Waals surface area contributed by atoms with Crippen molar-refractivity contribution in [1.82, 2.24) is 19.7 Å². The predicted molar refractivity (Wildman–Crippen MR) is 108 cm³/mol. The number of benzene rings is 1. The van der Waals surface area contributed by atoms with Gasteiger partial charge >= 0.3 is 0 Å². The Balaban J connectivity index is 1.84. The van der Waals surface area contributed by atoms with E-state index < -0.39 is 11.5 Å². The first-order chi connectivity index (χ1) is 14.1. The number of aromatic nitrogens is 4. The second kappa shape index (κ2) is 8.16. The SMILES string of the molecule is Cc1cc(Nc2nccc(C(C)(F)F)n2)cc(-c2cnn(CC(C)(O)CC#N)c2)c1. The van der Waals surface area contributed by atoms with Gasteiger partial charge < -0.3 is 10.4 Å². The van der Waals surface area contributed by atoms with Crippen LogP contribution in [0.3, 0.4) is 0 Å². The van der Waals surface area contributed by atoms with Crippen molar-refractivity contribution < 1.29 is 13.9 Å². The standard InChI is InChI=1S/C21H22F2N6O/c1-14-8-15(16-11-26-29(12-16)13-20(2,30)5-6-24)10-17(9-14)27-19-25-7-4-18(28-19)21(3,22)23/h4,7-12,30H,5,13H2,1-3H3,(H,25,27,28). The molecule has 2 N–H and O–H groups in total. The van der Waals surface area contributed by atoms with Gasteiger partial charge in [0.05, 0.1) is 30.8 Å². The highest BCUT2D eigenvalue weighted by Crippen LogP contribution is 2.28. The lowest BCUT2D eigenvalue weighted by atomic mass is 10.0. The van der Waals surface area contributed by atoms with Gasteiger partial charge in [0.15, 0.2) is 0 Å². The molecule has 0 aliphatic heterocycles. The quantitative estimate of drug-likeness (QED) is 0.604. The van der Waals surface area contributed by atoms with E-state index in [1.165, 1.54) is 12.3 Å². The molecule has 1 unspecified atom stereocenters. The minimum absolute atomic E-state index is 0.00340. The fourth-order valence-electron chi connectivity index (χ4n) is 2.99. The Morgan fingerprint density at radius 2 is 2.00 bits per heavy atom. The number of anilines is 2. The Bertz CT molecular complexity index is 1080. The molecule has 0 fully saturated rings. The van der Waals surface area contributed by atoms with Gasteiger partial charge in [-0.25, -0.2) is 9.97 Å². The molecule has 0 aliphatic carbocycles. The molecule has 1 atom stereocenters. The molecule has 0 radical (unpaired) electrons. The number of rotatable bonds is 7. The van der Waals surface area contributed by atoms with Crippen LogP contribution in [0.15, 0.2) is 42.9 Å². The van der Waals surface area contributed by atoms with E-state index in [0.29, 0.717) is 5.69 Å². The summed E-state index contributed by atoms with van der Waals surface area (Å²) in [6.45, 7) is 4.47. The minimum atomic E-state index is -3.06. The van der Waals surface area contributed by atoms with E-state index in [9.17, 15) is 13.9 Å². The highest BCUT2D eigenvalue weighted by Gasteiger charge is 2.26. The van der Waals surface area contributed by atoms with Gasteiger partial charge in [0, 0.05) is 30.6 Å². The summed E-state index contributed by atoms with van der Waals surface area (Å²) in [7, 11) is 0. The van der Waals surface area contributed by atoms with Gasteiger partial charge in [-0.15, -0.1) is 0 Å². The van der Waals surface area contributed by atoms with Gasteiger partial charge in [0.1, 0.15) is 5.69 Å². The molecule has 3 rings (SSSR count). The van der Waals surface area contributed by atoms with E-state index in [1.807, 2.05) is 31.2 Å². The normalized spacial score (nSPS) is 13.5. The lowest BCUT2D eigenvalue weighted by Crippen LogP contribution is -2.30. The topological polar surface area (TPSA) is 99.7 Å². The first-order valence-corrected chi connectivity index (χ1v) is 9.28. The van der Waals surface area contributed by atoms with Crippen LogP contribution in [0.2, 0.25) is 0 Å². The molecule has 0 amide bonds. The molecule has 2 aromatic heterocycles. The largest absolute Gasteiger partial charge is 0.387 e. The number of nitrogens with one attached hydrogen (secondary N) is 1. The number of nitrogens with zero attached hydrogens (tertiary/aromatic N) is 5. The van der Waals surface area contributed by atoms with Crippen molar-refractivity contribution in [3.8, 4) is 17.2 Å². The first-order valence-electron chi connectivity index (χ1n) is 9.28. The van der Waals surface area contributed by atoms with E-state index >= 15 is 0 Å². The zero-order chi connectivity index (χ0) is 21.9. The van der Waals surface area contributed by atoms with Crippen LogP contribution in [-0.2, 0) is 12.5 Å². The molecule has 0 aliphatic rings. The van der Waals surface area contributed by atoms with E-state index in [0.717, 1.165) is 23.6 Å². The maximum atomic E-state index is 13.5. The van der Waals surface area contributed by atoms with Crippen LogP contribution < -0.4 is 5.32 Å². The zero-order valence-corrected chi connectivity index (χ0v) is 16.9. The van der Waals surface area contributed by atoms with Gasteiger partial charge in [-0.05, 0) is 43.2 Å². The maximum Gasteiger partial charge on any atom is 0.287 e. The van der Waals surface area contributed by atoms with Crippen LogP contribution in [0.4, 0.5) is 20.4 Å². The number of aliphatic hydroxyl groups is 1. The Labute approximate surface area is 173 Å². The van der Waals surface area contributed by atoms with Crippen molar-refractivity contribution in [2.45, 2.75) is 45.3 Å². The van der Waals surface area contributed by atoms with Gasteiger partial charge in [0.25, 0.3) is 5.92 Å². The van der Waals surface area contributed by atoms with E-state index in [1.54, 1.807) is 24.0 Å². The van der Waals surface area contributed by atoms with Crippen molar-refractivity contribution in [2.24, 2.45) is 0 Å². The molecule has 1 aromatic carbocycles. The summed E-state index contributed by atoms with van der Waals surface area (Å²) in [5.74, 6) is -2.98. The number of hydrogen-bond donors (Lipinski definition) is 2. The summed E-state index contributed by atoms with van der Waals surface area (Å²) in [6, 6.07) is 8.79. The van der Waals surface area contributed by atoms with Gasteiger partial charge in [-0.3, -0.25) is 4.68 Å². The smallest absolute Gasteiger partial charge is 0.287 e. The van der Waals surface area contributed by atoms with E-state index in [2.05, 4.69) is 20.4 Å². The summed E-state index contributed by atoms with van der Waals surface area (Å²) in [6.07, 6.45) is 4.72. The molecule has 7 nitrogen and oxygen atoms in total. The highest BCUT2D eigenvalue weighted by molar-refractivity contribution is 5.70. The predicted octanol–water partition coefficient (Wildman–Crippen LogP) is 4.17. The summed E-state index contributed by atoms with van der Waals surface area (Å²) >= 11 is 0. The minimum Gasteiger partial charge on any atom is -0.387 e. The van der Waals surface area contributed by atoms with Gasteiger partial charge in [-0.1, -0.05) is 6.07 Å². The maximum absolute atomic E-state index is 13.5. The third-order valence-electron chi connectivity index (χ3n) is 4.37. The molecule has 3 aromatic rings. The summed E-state index contributed by atoms with van der Waals surface area (Å²) in [5.41, 5.74) is 1.70. The number of aryl methyl sites for hydroxylation is 1. The van der Waals surface area contributed by atoms with E-state index in [-0.39, 0.29) is 24.6 Å². The van der Waals surface area contributed by atoms with E-state index in [4.69, 9.17) is 5.26 Å². The van der Waals surface area contributed by atoms with Crippen molar-refractivity contribution in [3.05, 3.63) is 54.1 Å². The molecule has 0 bridgehead atoms. The number of alkyl halides is 2. The second-order valence-electron chi connectivity index (χ2n) is 7.62. The molecular weight excluding hydrogens is 390 g/mol. The molecule has 9 heteroatoms. The van der Waals surface area contributed by atoms with Crippen LogP contribution in [0.25, 0.3) is 11.1 Å². The third kappa shape index (κ3) is 5.36. The van der Waals surface area contributed by atoms with Crippen LogP contribution in [0.5, 0.6) is 0 Å². The Hall–Kier alpha value is -3.38. The average Bonchev–Trinajstić information content (AvgIpc) is 3.08. The van der Waals surface area contributed by atoms with Crippen LogP contribution in [0.1, 0.15) is 31.5 Å². The molecule has 156 valence electrons. The van der Waals surface area contributed by atoms with Crippen LogP contribution >= 0.6 is 0 Å². The number of hydrogen-bond acceptors (Lipinski definition) is 6. The third-order valence-corrected chi connectivity index (χ3v) is 4.37. The monoisotopic (exact) mass is 412 g/mol. The highest BCUT2D eigenvalue weighted by atomic mass is 19.3. The fourth-order valence-corrected chi connectivity index (χ4v) is 2.99. The number of halogens is 2. The first kappa shape index (κ1) is 21.3. The van der Waals surface area contributed by atoms with Crippen molar-refractivity contribution in [3.63, 3.8) is 0 Å². The Kier molecular flexibility index (Phi) is 5.80. The molecule has 2 heterocycles. The van der Waals surface area contributed by atoms with Gasteiger partial charge in [0.2, 0.25) is 5.95 Å². The Morgan fingerprint density at radius 1 is 1.23 bits per heavy atom.